The molecule has 0 spiro atoms. The van der Waals surface area contributed by atoms with Crippen LogP contribution in [0.5, 0.6) is 0 Å². The molecule has 7 nitrogen and oxygen atoms in total. The Morgan fingerprint density at radius 1 is 1.42 bits per heavy atom. The highest BCUT2D eigenvalue weighted by Gasteiger charge is 2.16. The van der Waals surface area contributed by atoms with Gasteiger partial charge in [0.15, 0.2) is 5.69 Å². The molecule has 0 saturated heterocycles. The van der Waals surface area contributed by atoms with Crippen molar-refractivity contribution in [2.24, 2.45) is 0 Å². The zero-order chi connectivity index (χ0) is 14.0. The van der Waals surface area contributed by atoms with Gasteiger partial charge in [0.25, 0.3) is 11.5 Å². The Morgan fingerprint density at radius 3 is 2.74 bits per heavy atom. The van der Waals surface area contributed by atoms with Crippen LogP contribution in [0.1, 0.15) is 10.5 Å². The molecule has 0 aliphatic heterocycles. The van der Waals surface area contributed by atoms with Crippen molar-refractivity contribution in [2.75, 3.05) is 5.73 Å². The van der Waals surface area contributed by atoms with Gasteiger partial charge in [-0.2, -0.15) is 9.78 Å². The summed E-state index contributed by atoms with van der Waals surface area (Å²) in [5.41, 5.74) is 5.36. The first-order valence-corrected chi connectivity index (χ1v) is 5.14. The highest BCUT2D eigenvalue weighted by atomic mass is 19.1. The van der Waals surface area contributed by atoms with Crippen LogP contribution in [0.4, 0.5) is 10.1 Å². The van der Waals surface area contributed by atoms with Crippen LogP contribution in [0.2, 0.25) is 0 Å². The van der Waals surface area contributed by atoms with Gasteiger partial charge in [-0.1, -0.05) is 12.1 Å². The van der Waals surface area contributed by atoms with Gasteiger partial charge in [-0.05, 0) is 12.1 Å². The van der Waals surface area contributed by atoms with E-state index in [4.69, 9.17) is 10.9 Å². The van der Waals surface area contributed by atoms with Crippen molar-refractivity contribution in [1.29, 1.82) is 0 Å². The zero-order valence-corrected chi connectivity index (χ0v) is 9.50. The second-order valence-corrected chi connectivity index (χ2v) is 3.59. The Morgan fingerprint density at radius 2 is 2.11 bits per heavy atom. The Kier molecular flexibility index (Phi) is 3.25. The van der Waals surface area contributed by atoms with Gasteiger partial charge >= 0.3 is 0 Å². The van der Waals surface area contributed by atoms with Crippen molar-refractivity contribution in [2.45, 2.75) is 0 Å². The van der Waals surface area contributed by atoms with E-state index in [0.29, 0.717) is 4.68 Å². The minimum Gasteiger partial charge on any atom is -0.397 e. The highest BCUT2D eigenvalue weighted by molar-refractivity contribution is 5.96. The molecular formula is C11H9FN4O3. The summed E-state index contributed by atoms with van der Waals surface area (Å²) < 4.78 is 14.3. The number of nitrogens with two attached hydrogens (primary N) is 1. The van der Waals surface area contributed by atoms with Crippen molar-refractivity contribution in [1.82, 2.24) is 15.3 Å². The van der Waals surface area contributed by atoms with Gasteiger partial charge in [-0.3, -0.25) is 14.8 Å². The summed E-state index contributed by atoms with van der Waals surface area (Å²) >= 11 is 0. The number of nitrogens with one attached hydrogen (secondary N) is 1. The van der Waals surface area contributed by atoms with Gasteiger partial charge in [0.1, 0.15) is 11.5 Å². The van der Waals surface area contributed by atoms with Gasteiger partial charge in [0, 0.05) is 6.07 Å². The summed E-state index contributed by atoms with van der Waals surface area (Å²) in [5.74, 6) is -1.68. The molecule has 0 aliphatic carbocycles. The number of hydrogen-bond acceptors (Lipinski definition) is 5. The van der Waals surface area contributed by atoms with Crippen LogP contribution in [0, 0.1) is 5.82 Å². The molecule has 0 fully saturated rings. The second-order valence-electron chi connectivity index (χ2n) is 3.59. The molecule has 0 atom stereocenters. The van der Waals surface area contributed by atoms with Gasteiger partial charge in [0.05, 0.1) is 5.69 Å². The number of nitrogen functional groups attached to an aromatic ring is 1. The van der Waals surface area contributed by atoms with Gasteiger partial charge in [-0.25, -0.2) is 9.87 Å². The number of carbonyl (C=O) groups is 1. The average Bonchev–Trinajstić information content (AvgIpc) is 2.39. The van der Waals surface area contributed by atoms with E-state index < -0.39 is 17.3 Å². The molecule has 0 unspecified atom stereocenters. The van der Waals surface area contributed by atoms with Crippen molar-refractivity contribution in [3.05, 3.63) is 52.2 Å². The standard InChI is InChI=1S/C11H9FN4O3/c12-6-3-1-2-4-8(6)16-9(17)5-7(13)10(14-16)11(18)15-19/h1-5,19H,13H2,(H,15,18). The number of hydroxylamine groups is 1. The van der Waals surface area contributed by atoms with E-state index in [9.17, 15) is 14.0 Å². The smallest absolute Gasteiger partial charge is 0.297 e. The maximum absolute atomic E-state index is 13.6. The lowest BCUT2D eigenvalue weighted by Crippen LogP contribution is -2.29. The summed E-state index contributed by atoms with van der Waals surface area (Å²) in [6.45, 7) is 0. The Balaban J connectivity index is 2.68. The number of para-hydroxylation sites is 1. The minimum atomic E-state index is -0.998. The summed E-state index contributed by atoms with van der Waals surface area (Å²) in [7, 11) is 0. The fourth-order valence-electron chi connectivity index (χ4n) is 1.50. The van der Waals surface area contributed by atoms with Gasteiger partial charge < -0.3 is 5.73 Å². The van der Waals surface area contributed by atoms with Crippen molar-refractivity contribution in [3.63, 3.8) is 0 Å². The fraction of sp³-hybridized carbons (Fsp3) is 0. The molecular weight excluding hydrogens is 255 g/mol. The van der Waals surface area contributed by atoms with E-state index in [1.807, 2.05) is 0 Å². The average molecular weight is 264 g/mol. The minimum absolute atomic E-state index is 0.125. The number of halogens is 1. The number of carbonyl (C=O) groups excluding carboxylic acids is 1. The van der Waals surface area contributed by atoms with Crippen LogP contribution in [0.15, 0.2) is 35.1 Å². The van der Waals surface area contributed by atoms with E-state index >= 15 is 0 Å². The summed E-state index contributed by atoms with van der Waals surface area (Å²) in [4.78, 5) is 23.0. The predicted molar refractivity (Wildman–Crippen MR) is 63.5 cm³/mol. The van der Waals surface area contributed by atoms with Crippen LogP contribution < -0.4 is 16.8 Å². The quantitative estimate of drug-likeness (QED) is 0.525. The molecule has 8 heteroatoms. The van der Waals surface area contributed by atoms with Gasteiger partial charge in [0.2, 0.25) is 0 Å². The third-order valence-corrected chi connectivity index (χ3v) is 2.36. The highest BCUT2D eigenvalue weighted by Crippen LogP contribution is 2.11. The molecule has 4 N–H and O–H groups in total. The molecule has 0 radical (unpaired) electrons. The SMILES string of the molecule is Nc1cc(=O)n(-c2ccccc2F)nc1C(=O)NO. The largest absolute Gasteiger partial charge is 0.397 e. The van der Waals surface area contributed by atoms with Crippen LogP contribution >= 0.6 is 0 Å². The number of rotatable bonds is 2. The first kappa shape index (κ1) is 12.7. The van der Waals surface area contributed by atoms with E-state index in [1.165, 1.54) is 23.7 Å². The lowest BCUT2D eigenvalue weighted by molar-refractivity contribution is 0.0700. The second kappa shape index (κ2) is 4.86. The number of aromatic nitrogens is 2. The normalized spacial score (nSPS) is 10.2. The van der Waals surface area contributed by atoms with E-state index in [2.05, 4.69) is 5.10 Å². The summed E-state index contributed by atoms with van der Waals surface area (Å²) in [6.07, 6.45) is 0. The number of nitrogens with zero attached hydrogens (tertiary/aromatic N) is 2. The molecule has 0 aliphatic rings. The first-order chi connectivity index (χ1) is 9.04. The number of hydrogen-bond donors (Lipinski definition) is 3. The summed E-state index contributed by atoms with van der Waals surface area (Å²) in [6, 6.07) is 6.34. The summed E-state index contributed by atoms with van der Waals surface area (Å²) in [5, 5.41) is 12.2. The lowest BCUT2D eigenvalue weighted by atomic mass is 10.3. The first-order valence-electron chi connectivity index (χ1n) is 5.14. The molecule has 98 valence electrons. The topological polar surface area (TPSA) is 110 Å². The molecule has 0 bridgehead atoms. The van der Waals surface area contributed by atoms with Crippen LogP contribution in [0.3, 0.4) is 0 Å². The molecule has 19 heavy (non-hydrogen) atoms. The monoisotopic (exact) mass is 264 g/mol. The number of amides is 1. The maximum atomic E-state index is 13.6. The van der Waals surface area contributed by atoms with Crippen molar-refractivity contribution in [3.8, 4) is 5.69 Å². The molecule has 1 heterocycles. The Hall–Kier alpha value is -2.74. The lowest BCUT2D eigenvalue weighted by Gasteiger charge is -2.08. The molecule has 1 aromatic carbocycles. The number of benzene rings is 1. The maximum Gasteiger partial charge on any atom is 0.297 e. The van der Waals surface area contributed by atoms with Crippen LogP contribution in [-0.2, 0) is 0 Å². The molecule has 2 rings (SSSR count). The molecule has 1 aromatic heterocycles. The van der Waals surface area contributed by atoms with Crippen LogP contribution in [-0.4, -0.2) is 20.9 Å². The van der Waals surface area contributed by atoms with Crippen molar-refractivity contribution >= 4 is 11.6 Å². The third-order valence-electron chi connectivity index (χ3n) is 2.36. The van der Waals surface area contributed by atoms with E-state index in [-0.39, 0.29) is 17.1 Å². The van der Waals surface area contributed by atoms with E-state index in [0.717, 1.165) is 12.1 Å². The molecule has 0 saturated carbocycles. The van der Waals surface area contributed by atoms with Crippen LogP contribution in [0.25, 0.3) is 5.69 Å². The fourth-order valence-corrected chi connectivity index (χ4v) is 1.50. The van der Waals surface area contributed by atoms with Gasteiger partial charge in [-0.15, -0.1) is 0 Å². The zero-order valence-electron chi connectivity index (χ0n) is 9.50. The van der Waals surface area contributed by atoms with Crippen molar-refractivity contribution < 1.29 is 14.4 Å². The molecule has 2 aromatic rings. The number of anilines is 1. The third kappa shape index (κ3) is 2.29. The molecule has 1 amide bonds. The Labute approximate surface area is 106 Å². The predicted octanol–water partition coefficient (Wildman–Crippen LogP) is 0.0728. The Bertz CT molecular complexity index is 699. The van der Waals surface area contributed by atoms with E-state index in [1.54, 1.807) is 0 Å².